The molecular formula is C17H14FNO. The van der Waals surface area contributed by atoms with E-state index in [1.54, 1.807) is 31.2 Å². The third-order valence-corrected chi connectivity index (χ3v) is 3.35. The first-order valence-electron chi connectivity index (χ1n) is 6.30. The van der Waals surface area contributed by atoms with Crippen molar-refractivity contribution in [1.29, 1.82) is 5.26 Å². The maximum absolute atomic E-state index is 14.0. The Kier molecular flexibility index (Phi) is 3.95. The molecule has 0 saturated carbocycles. The molecule has 3 heteroatoms. The molecule has 20 heavy (non-hydrogen) atoms. The second-order valence-corrected chi connectivity index (χ2v) is 4.72. The lowest BCUT2D eigenvalue weighted by Crippen LogP contribution is -2.14. The van der Waals surface area contributed by atoms with E-state index in [0.29, 0.717) is 11.1 Å². The number of hydrogen-bond acceptors (Lipinski definition) is 2. The number of Topliss-reactive ketones (excluding diaryl/α,β-unsaturated/α-hetero) is 1. The van der Waals surface area contributed by atoms with Crippen LogP contribution >= 0.6 is 0 Å². The minimum atomic E-state index is -0.979. The Balaban J connectivity index is 2.49. The van der Waals surface area contributed by atoms with Gasteiger partial charge in [-0.05, 0) is 36.6 Å². The Hall–Kier alpha value is -2.47. The van der Waals surface area contributed by atoms with Crippen molar-refractivity contribution in [3.63, 3.8) is 0 Å². The predicted octanol–water partition coefficient (Wildman–Crippen LogP) is 3.93. The van der Waals surface area contributed by atoms with Gasteiger partial charge in [-0.2, -0.15) is 5.26 Å². The summed E-state index contributed by atoms with van der Waals surface area (Å²) in [5.41, 5.74) is 1.85. The van der Waals surface area contributed by atoms with Crippen LogP contribution in [0.15, 0.2) is 42.5 Å². The monoisotopic (exact) mass is 267 g/mol. The van der Waals surface area contributed by atoms with Gasteiger partial charge < -0.3 is 0 Å². The van der Waals surface area contributed by atoms with Crippen LogP contribution in [-0.4, -0.2) is 5.78 Å². The number of nitrogens with zero attached hydrogens (tertiary/aromatic N) is 1. The average molecular weight is 267 g/mol. The molecule has 0 bridgehead atoms. The highest BCUT2D eigenvalue weighted by molar-refractivity contribution is 6.03. The van der Waals surface area contributed by atoms with Gasteiger partial charge in [-0.15, -0.1) is 0 Å². The van der Waals surface area contributed by atoms with Crippen molar-refractivity contribution in [3.8, 4) is 6.07 Å². The Morgan fingerprint density at radius 1 is 1.10 bits per heavy atom. The van der Waals surface area contributed by atoms with E-state index in [2.05, 4.69) is 0 Å². The standard InChI is InChI=1S/C17H14FNO/c1-11-6-3-4-8-13(11)15(10-19)17(20)14-9-5-7-12(2)16(14)18/h3-9,15H,1-2H3. The minimum Gasteiger partial charge on any atom is -0.292 e. The first kappa shape index (κ1) is 14.0. The fraction of sp³-hybridized carbons (Fsp3) is 0.176. The first-order valence-corrected chi connectivity index (χ1v) is 6.30. The Bertz CT molecular complexity index is 700. The zero-order chi connectivity index (χ0) is 14.7. The SMILES string of the molecule is Cc1ccccc1C(C#N)C(=O)c1cccc(C)c1F. The number of nitriles is 1. The molecule has 0 amide bonds. The van der Waals surface area contributed by atoms with Crippen LogP contribution in [0.3, 0.4) is 0 Å². The lowest BCUT2D eigenvalue weighted by molar-refractivity contribution is 0.0974. The summed E-state index contributed by atoms with van der Waals surface area (Å²) in [5.74, 6) is -2.03. The maximum atomic E-state index is 14.0. The zero-order valence-corrected chi connectivity index (χ0v) is 11.4. The van der Waals surface area contributed by atoms with E-state index in [0.717, 1.165) is 5.56 Å². The zero-order valence-electron chi connectivity index (χ0n) is 11.4. The van der Waals surface area contributed by atoms with Gasteiger partial charge in [0, 0.05) is 0 Å². The van der Waals surface area contributed by atoms with E-state index in [-0.39, 0.29) is 5.56 Å². The quantitative estimate of drug-likeness (QED) is 0.790. The molecule has 0 spiro atoms. The molecule has 0 aromatic heterocycles. The molecule has 0 radical (unpaired) electrons. The number of hydrogen-bond donors (Lipinski definition) is 0. The van der Waals surface area contributed by atoms with Crippen LogP contribution in [0, 0.1) is 31.0 Å². The van der Waals surface area contributed by atoms with Crippen molar-refractivity contribution < 1.29 is 9.18 Å². The van der Waals surface area contributed by atoms with Crippen molar-refractivity contribution in [2.45, 2.75) is 19.8 Å². The second-order valence-electron chi connectivity index (χ2n) is 4.72. The maximum Gasteiger partial charge on any atom is 0.187 e. The summed E-state index contributed by atoms with van der Waals surface area (Å²) >= 11 is 0. The highest BCUT2D eigenvalue weighted by atomic mass is 19.1. The van der Waals surface area contributed by atoms with Gasteiger partial charge in [-0.3, -0.25) is 4.79 Å². The molecule has 0 aliphatic heterocycles. The molecule has 0 heterocycles. The molecule has 0 fully saturated rings. The van der Waals surface area contributed by atoms with Crippen molar-refractivity contribution in [2.24, 2.45) is 0 Å². The Morgan fingerprint density at radius 2 is 1.75 bits per heavy atom. The molecule has 0 aliphatic rings. The molecule has 0 aliphatic carbocycles. The molecule has 1 atom stereocenters. The summed E-state index contributed by atoms with van der Waals surface area (Å²) in [7, 11) is 0. The lowest BCUT2D eigenvalue weighted by Gasteiger charge is -2.12. The average Bonchev–Trinajstić information content (AvgIpc) is 2.44. The van der Waals surface area contributed by atoms with E-state index in [4.69, 9.17) is 0 Å². The molecule has 100 valence electrons. The summed E-state index contributed by atoms with van der Waals surface area (Å²) < 4.78 is 14.0. The molecule has 0 N–H and O–H groups in total. The van der Waals surface area contributed by atoms with Crippen LogP contribution in [0.5, 0.6) is 0 Å². The van der Waals surface area contributed by atoms with Gasteiger partial charge in [0.15, 0.2) is 5.78 Å². The van der Waals surface area contributed by atoms with Gasteiger partial charge in [0.25, 0.3) is 0 Å². The second kappa shape index (κ2) is 5.66. The number of carbonyl (C=O) groups excluding carboxylic acids is 1. The van der Waals surface area contributed by atoms with Crippen LogP contribution < -0.4 is 0 Å². The number of halogens is 1. The number of benzene rings is 2. The van der Waals surface area contributed by atoms with Gasteiger partial charge >= 0.3 is 0 Å². The number of aryl methyl sites for hydroxylation is 2. The Morgan fingerprint density at radius 3 is 2.40 bits per heavy atom. The van der Waals surface area contributed by atoms with E-state index in [9.17, 15) is 14.4 Å². The van der Waals surface area contributed by atoms with Gasteiger partial charge in [-0.1, -0.05) is 36.4 Å². The van der Waals surface area contributed by atoms with E-state index in [1.165, 1.54) is 6.07 Å². The van der Waals surface area contributed by atoms with Crippen LogP contribution in [-0.2, 0) is 0 Å². The summed E-state index contributed by atoms with van der Waals surface area (Å²) in [5, 5.41) is 9.30. The third kappa shape index (κ3) is 2.46. The van der Waals surface area contributed by atoms with Gasteiger partial charge in [0.05, 0.1) is 11.6 Å². The molecule has 2 nitrogen and oxygen atoms in total. The van der Waals surface area contributed by atoms with Crippen LogP contribution in [0.25, 0.3) is 0 Å². The highest BCUT2D eigenvalue weighted by Crippen LogP contribution is 2.25. The lowest BCUT2D eigenvalue weighted by atomic mass is 9.88. The summed E-state index contributed by atoms with van der Waals surface area (Å²) in [6, 6.07) is 13.8. The summed E-state index contributed by atoms with van der Waals surface area (Å²) in [4.78, 5) is 12.4. The topological polar surface area (TPSA) is 40.9 Å². The third-order valence-electron chi connectivity index (χ3n) is 3.35. The number of carbonyl (C=O) groups is 1. The van der Waals surface area contributed by atoms with Gasteiger partial charge in [-0.25, -0.2) is 4.39 Å². The van der Waals surface area contributed by atoms with Crippen molar-refractivity contribution >= 4 is 5.78 Å². The largest absolute Gasteiger partial charge is 0.292 e. The smallest absolute Gasteiger partial charge is 0.187 e. The van der Waals surface area contributed by atoms with Crippen molar-refractivity contribution in [3.05, 3.63) is 70.5 Å². The van der Waals surface area contributed by atoms with Crippen molar-refractivity contribution in [1.82, 2.24) is 0 Å². The van der Waals surface area contributed by atoms with Crippen molar-refractivity contribution in [2.75, 3.05) is 0 Å². The fourth-order valence-corrected chi connectivity index (χ4v) is 2.17. The van der Waals surface area contributed by atoms with Gasteiger partial charge in [0.2, 0.25) is 0 Å². The molecule has 1 unspecified atom stereocenters. The Labute approximate surface area is 117 Å². The van der Waals surface area contributed by atoms with Gasteiger partial charge in [0.1, 0.15) is 11.7 Å². The number of ketones is 1. The number of rotatable bonds is 3. The van der Waals surface area contributed by atoms with E-state index in [1.807, 2.05) is 25.1 Å². The van der Waals surface area contributed by atoms with E-state index < -0.39 is 17.5 Å². The fourth-order valence-electron chi connectivity index (χ4n) is 2.17. The van der Waals surface area contributed by atoms with Crippen LogP contribution in [0.2, 0.25) is 0 Å². The molecule has 0 saturated heterocycles. The molecular weight excluding hydrogens is 253 g/mol. The first-order chi connectivity index (χ1) is 9.56. The molecule has 2 aromatic rings. The van der Waals surface area contributed by atoms with Crippen LogP contribution in [0.1, 0.15) is 33.0 Å². The predicted molar refractivity (Wildman–Crippen MR) is 75.0 cm³/mol. The van der Waals surface area contributed by atoms with E-state index >= 15 is 0 Å². The van der Waals surface area contributed by atoms with Crippen LogP contribution in [0.4, 0.5) is 4.39 Å². The summed E-state index contributed by atoms with van der Waals surface area (Å²) in [6.07, 6.45) is 0. The minimum absolute atomic E-state index is 0.0280. The summed E-state index contributed by atoms with van der Waals surface area (Å²) in [6.45, 7) is 3.43. The molecule has 2 aromatic carbocycles. The molecule has 2 rings (SSSR count). The normalized spacial score (nSPS) is 11.7. The highest BCUT2D eigenvalue weighted by Gasteiger charge is 2.25.